The predicted octanol–water partition coefficient (Wildman–Crippen LogP) is 3.35. The van der Waals surface area contributed by atoms with Gasteiger partial charge < -0.3 is 5.73 Å². The second kappa shape index (κ2) is 5.45. The molecule has 124 valence electrons. The molecule has 2 heterocycles. The normalized spacial score (nSPS) is 18.7. The monoisotopic (exact) mass is 322 g/mol. The number of nitriles is 1. The van der Waals surface area contributed by atoms with E-state index in [4.69, 9.17) is 5.73 Å². The summed E-state index contributed by atoms with van der Waals surface area (Å²) in [5.74, 6) is 0.783. The molecule has 3 rings (SSSR count). The van der Waals surface area contributed by atoms with Crippen molar-refractivity contribution in [3.8, 4) is 12.0 Å². The van der Waals surface area contributed by atoms with Crippen LogP contribution in [0.25, 0.3) is 11.5 Å². The SMILES string of the molecule is CC1(C)C=C(c2c(C#N)nn(-c3ncccn3)c2N)CC(C)(C)C1. The molecule has 0 bridgehead atoms. The summed E-state index contributed by atoms with van der Waals surface area (Å²) in [5, 5.41) is 13.9. The topological polar surface area (TPSA) is 93.4 Å². The van der Waals surface area contributed by atoms with Crippen molar-refractivity contribution < 1.29 is 0 Å². The summed E-state index contributed by atoms with van der Waals surface area (Å²) in [6.45, 7) is 8.91. The van der Waals surface area contributed by atoms with Crippen molar-refractivity contribution in [2.75, 3.05) is 5.73 Å². The Morgan fingerprint density at radius 2 is 1.88 bits per heavy atom. The van der Waals surface area contributed by atoms with Gasteiger partial charge in [-0.15, -0.1) is 0 Å². The Hall–Kier alpha value is -2.68. The molecule has 1 aliphatic carbocycles. The number of nitrogens with zero attached hydrogens (tertiary/aromatic N) is 5. The zero-order chi connectivity index (χ0) is 17.5. The molecule has 0 aromatic carbocycles. The number of nitrogens with two attached hydrogens (primary N) is 1. The van der Waals surface area contributed by atoms with Gasteiger partial charge in [-0.3, -0.25) is 0 Å². The Labute approximate surface area is 142 Å². The van der Waals surface area contributed by atoms with Gasteiger partial charge in [-0.25, -0.2) is 9.97 Å². The highest BCUT2D eigenvalue weighted by molar-refractivity contribution is 5.79. The minimum Gasteiger partial charge on any atom is -0.383 e. The first-order valence-electron chi connectivity index (χ1n) is 8.00. The summed E-state index contributed by atoms with van der Waals surface area (Å²) >= 11 is 0. The minimum absolute atomic E-state index is 0.0432. The zero-order valence-corrected chi connectivity index (χ0v) is 14.5. The molecule has 0 unspecified atom stereocenters. The van der Waals surface area contributed by atoms with Gasteiger partial charge in [0.05, 0.1) is 5.56 Å². The highest BCUT2D eigenvalue weighted by Crippen LogP contribution is 2.48. The van der Waals surface area contributed by atoms with Gasteiger partial charge >= 0.3 is 0 Å². The molecule has 0 aliphatic heterocycles. The molecule has 2 aromatic heterocycles. The summed E-state index contributed by atoms with van der Waals surface area (Å²) < 4.78 is 1.45. The first-order chi connectivity index (χ1) is 11.2. The van der Waals surface area contributed by atoms with Crippen molar-refractivity contribution >= 4 is 11.4 Å². The van der Waals surface area contributed by atoms with Crippen LogP contribution in [-0.4, -0.2) is 19.7 Å². The molecule has 2 N–H and O–H groups in total. The summed E-state index contributed by atoms with van der Waals surface area (Å²) in [6, 6.07) is 3.90. The van der Waals surface area contributed by atoms with E-state index in [0.717, 1.165) is 18.4 Å². The van der Waals surface area contributed by atoms with Gasteiger partial charge in [0, 0.05) is 12.4 Å². The van der Waals surface area contributed by atoms with Crippen molar-refractivity contribution in [3.05, 3.63) is 35.8 Å². The molecule has 2 aromatic rings. The Morgan fingerprint density at radius 1 is 1.21 bits per heavy atom. The minimum atomic E-state index is 0.0432. The van der Waals surface area contributed by atoms with Crippen LogP contribution in [0.2, 0.25) is 0 Å². The molecule has 0 saturated carbocycles. The second-order valence-electron chi connectivity index (χ2n) is 7.86. The largest absolute Gasteiger partial charge is 0.383 e. The van der Waals surface area contributed by atoms with Crippen LogP contribution >= 0.6 is 0 Å². The van der Waals surface area contributed by atoms with Crippen LogP contribution in [0.1, 0.15) is 51.8 Å². The fourth-order valence-corrected chi connectivity index (χ4v) is 3.92. The fraction of sp³-hybridized carbons (Fsp3) is 0.444. The Morgan fingerprint density at radius 3 is 2.46 bits per heavy atom. The van der Waals surface area contributed by atoms with E-state index in [0.29, 0.717) is 23.0 Å². The smallest absolute Gasteiger partial charge is 0.252 e. The maximum absolute atomic E-state index is 9.54. The van der Waals surface area contributed by atoms with E-state index in [2.05, 4.69) is 54.9 Å². The van der Waals surface area contributed by atoms with Crippen molar-refractivity contribution in [1.82, 2.24) is 19.7 Å². The Kier molecular flexibility index (Phi) is 3.67. The van der Waals surface area contributed by atoms with E-state index in [1.807, 2.05) is 0 Å². The number of aromatic nitrogens is 4. The maximum atomic E-state index is 9.54. The van der Waals surface area contributed by atoms with Crippen molar-refractivity contribution in [2.24, 2.45) is 10.8 Å². The molecule has 6 heteroatoms. The van der Waals surface area contributed by atoms with Gasteiger partial charge in [-0.05, 0) is 35.3 Å². The van der Waals surface area contributed by atoms with Crippen LogP contribution in [0.15, 0.2) is 24.5 Å². The summed E-state index contributed by atoms with van der Waals surface area (Å²) in [6.07, 6.45) is 7.42. The third kappa shape index (κ3) is 2.90. The average Bonchev–Trinajstić information content (AvgIpc) is 2.82. The zero-order valence-electron chi connectivity index (χ0n) is 14.5. The molecule has 0 atom stereocenters. The van der Waals surface area contributed by atoms with E-state index >= 15 is 0 Å². The van der Waals surface area contributed by atoms with Gasteiger partial charge in [-0.2, -0.15) is 15.0 Å². The first kappa shape index (κ1) is 16.2. The van der Waals surface area contributed by atoms with Crippen LogP contribution in [0.5, 0.6) is 0 Å². The van der Waals surface area contributed by atoms with Crippen molar-refractivity contribution in [2.45, 2.75) is 40.5 Å². The number of allylic oxidation sites excluding steroid dienone is 2. The van der Waals surface area contributed by atoms with E-state index in [1.54, 1.807) is 18.5 Å². The Balaban J connectivity index is 2.17. The van der Waals surface area contributed by atoms with Crippen LogP contribution < -0.4 is 5.73 Å². The van der Waals surface area contributed by atoms with Gasteiger partial charge in [0.2, 0.25) is 0 Å². The van der Waals surface area contributed by atoms with Gasteiger partial charge in [0.25, 0.3) is 5.95 Å². The number of anilines is 1. The van der Waals surface area contributed by atoms with Gasteiger partial charge in [0.15, 0.2) is 5.69 Å². The molecule has 0 saturated heterocycles. The van der Waals surface area contributed by atoms with E-state index in [1.165, 1.54) is 4.68 Å². The molecule has 24 heavy (non-hydrogen) atoms. The van der Waals surface area contributed by atoms with Crippen molar-refractivity contribution in [3.63, 3.8) is 0 Å². The lowest BCUT2D eigenvalue weighted by Crippen LogP contribution is -2.27. The number of rotatable bonds is 2. The van der Waals surface area contributed by atoms with Gasteiger partial charge in [0.1, 0.15) is 11.9 Å². The number of hydrogen-bond donors (Lipinski definition) is 1. The highest BCUT2D eigenvalue weighted by Gasteiger charge is 2.35. The first-order valence-corrected chi connectivity index (χ1v) is 8.00. The molecular weight excluding hydrogens is 300 g/mol. The molecule has 0 amide bonds. The molecule has 6 nitrogen and oxygen atoms in total. The predicted molar refractivity (Wildman–Crippen MR) is 93.1 cm³/mol. The van der Waals surface area contributed by atoms with E-state index < -0.39 is 0 Å². The summed E-state index contributed by atoms with van der Waals surface area (Å²) in [7, 11) is 0. The second-order valence-corrected chi connectivity index (χ2v) is 7.86. The Bertz CT molecular complexity index is 836. The fourth-order valence-electron chi connectivity index (χ4n) is 3.92. The van der Waals surface area contributed by atoms with Crippen LogP contribution in [0.3, 0.4) is 0 Å². The average molecular weight is 322 g/mol. The summed E-state index contributed by atoms with van der Waals surface area (Å²) in [4.78, 5) is 8.36. The van der Waals surface area contributed by atoms with Crippen LogP contribution in [0.4, 0.5) is 5.82 Å². The lowest BCUT2D eigenvalue weighted by molar-refractivity contribution is 0.229. The maximum Gasteiger partial charge on any atom is 0.252 e. The third-order valence-electron chi connectivity index (χ3n) is 4.26. The van der Waals surface area contributed by atoms with Crippen LogP contribution in [0, 0.1) is 22.2 Å². The van der Waals surface area contributed by atoms with E-state index in [9.17, 15) is 5.26 Å². The molecule has 0 radical (unpaired) electrons. The highest BCUT2D eigenvalue weighted by atomic mass is 15.4. The lowest BCUT2D eigenvalue weighted by atomic mass is 9.66. The van der Waals surface area contributed by atoms with Crippen LogP contribution in [-0.2, 0) is 0 Å². The lowest BCUT2D eigenvalue weighted by Gasteiger charge is -2.39. The molecule has 0 fully saturated rings. The van der Waals surface area contributed by atoms with E-state index in [-0.39, 0.29) is 10.8 Å². The standard InChI is InChI=1S/C18H22N6/c1-17(2)8-12(9-18(3,4)11-17)14-13(10-19)23-24(15(14)20)16-21-6-5-7-22-16/h5-8H,9,11,20H2,1-4H3. The molecule has 1 aliphatic rings. The van der Waals surface area contributed by atoms with Gasteiger partial charge in [-0.1, -0.05) is 33.8 Å². The summed E-state index contributed by atoms with van der Waals surface area (Å²) in [5.41, 5.74) is 8.64. The number of hydrogen-bond acceptors (Lipinski definition) is 5. The third-order valence-corrected chi connectivity index (χ3v) is 4.26. The van der Waals surface area contributed by atoms with Crippen molar-refractivity contribution in [1.29, 1.82) is 5.26 Å². The quantitative estimate of drug-likeness (QED) is 0.915. The molecule has 0 spiro atoms. The number of nitrogen functional groups attached to an aromatic ring is 1. The molecular formula is C18H22N6.